The summed E-state index contributed by atoms with van der Waals surface area (Å²) in [6.45, 7) is 2.18. The zero-order chi connectivity index (χ0) is 12.5. The molecule has 0 N–H and O–H groups in total. The van der Waals surface area contributed by atoms with E-state index < -0.39 is 0 Å². The van der Waals surface area contributed by atoms with Crippen molar-refractivity contribution in [2.24, 2.45) is 4.99 Å². The summed E-state index contributed by atoms with van der Waals surface area (Å²) in [7, 11) is 3.72. The van der Waals surface area contributed by atoms with E-state index in [2.05, 4.69) is 20.9 Å². The van der Waals surface area contributed by atoms with Crippen LogP contribution in [-0.2, 0) is 11.3 Å². The summed E-state index contributed by atoms with van der Waals surface area (Å²) in [5, 5.41) is 1.02. The Labute approximate surface area is 107 Å². The second-order valence-electron chi connectivity index (χ2n) is 3.58. The third-order valence-corrected chi connectivity index (χ3v) is 3.00. The van der Waals surface area contributed by atoms with Crippen LogP contribution >= 0.6 is 11.8 Å². The fourth-order valence-electron chi connectivity index (χ4n) is 1.41. The van der Waals surface area contributed by atoms with Gasteiger partial charge < -0.3 is 9.64 Å². The highest BCUT2D eigenvalue weighted by Crippen LogP contribution is 2.08. The number of hydrogen-bond acceptors (Lipinski definition) is 4. The topological polar surface area (TPSA) is 37.7 Å². The molecule has 0 aliphatic carbocycles. The molecule has 0 amide bonds. The molecule has 4 nitrogen and oxygen atoms in total. The van der Waals surface area contributed by atoms with Crippen LogP contribution in [0.1, 0.15) is 5.56 Å². The molecule has 0 aliphatic heterocycles. The van der Waals surface area contributed by atoms with Crippen LogP contribution in [0.25, 0.3) is 0 Å². The van der Waals surface area contributed by atoms with Gasteiger partial charge in [-0.15, -0.1) is 0 Å². The molecule has 94 valence electrons. The number of rotatable bonds is 5. The first-order chi connectivity index (χ1) is 8.27. The molecule has 1 rings (SSSR count). The molecule has 17 heavy (non-hydrogen) atoms. The number of hydrogen-bond donors (Lipinski definition) is 0. The van der Waals surface area contributed by atoms with Crippen LogP contribution in [0.3, 0.4) is 0 Å². The van der Waals surface area contributed by atoms with E-state index in [1.807, 2.05) is 25.6 Å². The van der Waals surface area contributed by atoms with Crippen molar-refractivity contribution in [1.82, 2.24) is 9.88 Å². The molecule has 0 aromatic carbocycles. The van der Waals surface area contributed by atoms with Crippen LogP contribution in [0.5, 0.6) is 0 Å². The molecule has 0 atom stereocenters. The first kappa shape index (κ1) is 14.0. The Morgan fingerprint density at radius 2 is 2.41 bits per heavy atom. The Kier molecular flexibility index (Phi) is 6.65. The Bertz CT molecular complexity index is 343. The van der Waals surface area contributed by atoms with E-state index in [9.17, 15) is 0 Å². The number of amidine groups is 1. The zero-order valence-electron chi connectivity index (χ0n) is 10.6. The van der Waals surface area contributed by atoms with E-state index in [1.165, 1.54) is 5.56 Å². The van der Waals surface area contributed by atoms with Gasteiger partial charge in [0.05, 0.1) is 13.2 Å². The lowest BCUT2D eigenvalue weighted by Gasteiger charge is -2.19. The van der Waals surface area contributed by atoms with Crippen LogP contribution in [0, 0.1) is 0 Å². The van der Waals surface area contributed by atoms with Gasteiger partial charge in [-0.1, -0.05) is 17.8 Å². The van der Waals surface area contributed by atoms with E-state index in [-0.39, 0.29) is 0 Å². The predicted molar refractivity (Wildman–Crippen MR) is 73.4 cm³/mol. The maximum atomic E-state index is 4.99. The number of thioether (sulfide) groups is 1. The third kappa shape index (κ3) is 5.19. The van der Waals surface area contributed by atoms with Gasteiger partial charge in [-0.3, -0.25) is 9.98 Å². The molecule has 0 bridgehead atoms. The maximum Gasteiger partial charge on any atom is 0.159 e. The summed E-state index contributed by atoms with van der Waals surface area (Å²) >= 11 is 1.65. The van der Waals surface area contributed by atoms with Crippen molar-refractivity contribution in [3.63, 3.8) is 0 Å². The normalized spacial score (nSPS) is 11.6. The predicted octanol–water partition coefficient (Wildman–Crippen LogP) is 1.88. The largest absolute Gasteiger partial charge is 0.383 e. The van der Waals surface area contributed by atoms with E-state index in [0.717, 1.165) is 11.7 Å². The van der Waals surface area contributed by atoms with Crippen molar-refractivity contribution in [3.05, 3.63) is 30.1 Å². The minimum Gasteiger partial charge on any atom is -0.383 e. The zero-order valence-corrected chi connectivity index (χ0v) is 11.4. The summed E-state index contributed by atoms with van der Waals surface area (Å²) in [5.41, 5.74) is 1.18. The van der Waals surface area contributed by atoms with Gasteiger partial charge in [0, 0.05) is 33.1 Å². The van der Waals surface area contributed by atoms with Crippen LogP contribution in [0.4, 0.5) is 0 Å². The average Bonchev–Trinajstić information content (AvgIpc) is 2.36. The molecule has 0 saturated carbocycles. The van der Waals surface area contributed by atoms with Crippen molar-refractivity contribution >= 4 is 16.9 Å². The van der Waals surface area contributed by atoms with Crippen molar-refractivity contribution in [1.29, 1.82) is 0 Å². The lowest BCUT2D eigenvalue weighted by molar-refractivity contribution is 0.207. The molecule has 0 saturated heterocycles. The van der Waals surface area contributed by atoms with Crippen LogP contribution in [0.15, 0.2) is 29.5 Å². The first-order valence-electron chi connectivity index (χ1n) is 5.45. The van der Waals surface area contributed by atoms with Crippen LogP contribution in [0.2, 0.25) is 0 Å². The SMILES string of the molecule is COCCN=C(SC)N(C)Cc1cccnc1. The fraction of sp³-hybridized carbons (Fsp3) is 0.500. The fourth-order valence-corrected chi connectivity index (χ4v) is 2.00. The number of aromatic nitrogens is 1. The second-order valence-corrected chi connectivity index (χ2v) is 4.35. The molecule has 0 fully saturated rings. The molecule has 1 aromatic rings. The quantitative estimate of drug-likeness (QED) is 0.456. The summed E-state index contributed by atoms with van der Waals surface area (Å²) in [6.07, 6.45) is 5.70. The third-order valence-electron chi connectivity index (χ3n) is 2.19. The summed E-state index contributed by atoms with van der Waals surface area (Å²) in [5.74, 6) is 0. The highest BCUT2D eigenvalue weighted by molar-refractivity contribution is 8.13. The molecule has 1 aromatic heterocycles. The van der Waals surface area contributed by atoms with Gasteiger partial charge in [-0.2, -0.15) is 0 Å². The lowest BCUT2D eigenvalue weighted by Crippen LogP contribution is -2.24. The average molecular weight is 253 g/mol. The van der Waals surface area contributed by atoms with Gasteiger partial charge in [-0.25, -0.2) is 0 Å². The highest BCUT2D eigenvalue weighted by Gasteiger charge is 2.05. The molecule has 0 aliphatic rings. The second kappa shape index (κ2) is 8.08. The first-order valence-corrected chi connectivity index (χ1v) is 6.67. The molecule has 0 spiro atoms. The molecule has 0 radical (unpaired) electrons. The van der Waals surface area contributed by atoms with Crippen molar-refractivity contribution in [2.45, 2.75) is 6.54 Å². The molecule has 1 heterocycles. The number of nitrogens with zero attached hydrogens (tertiary/aromatic N) is 3. The Balaban J connectivity index is 2.54. The number of aliphatic imine (C=N–C) groups is 1. The molecular formula is C12H19N3OS. The number of ether oxygens (including phenoxy) is 1. The van der Waals surface area contributed by atoms with Crippen molar-refractivity contribution < 1.29 is 4.74 Å². The number of methoxy groups -OCH3 is 1. The van der Waals surface area contributed by atoms with Gasteiger partial charge in [0.1, 0.15) is 0 Å². The summed E-state index contributed by atoms with van der Waals surface area (Å²) in [4.78, 5) is 10.7. The van der Waals surface area contributed by atoms with Crippen LogP contribution in [-0.4, -0.2) is 48.6 Å². The van der Waals surface area contributed by atoms with Crippen LogP contribution < -0.4 is 0 Å². The summed E-state index contributed by atoms with van der Waals surface area (Å²) in [6, 6.07) is 4.01. The standard InChI is InChI=1S/C12H19N3OS/c1-15(10-11-5-4-6-13-9-11)12(17-3)14-7-8-16-2/h4-6,9H,7-8,10H2,1-3H3. The smallest absolute Gasteiger partial charge is 0.159 e. The highest BCUT2D eigenvalue weighted by atomic mass is 32.2. The monoisotopic (exact) mass is 253 g/mol. The van der Waals surface area contributed by atoms with E-state index >= 15 is 0 Å². The minimum atomic E-state index is 0.658. The summed E-state index contributed by atoms with van der Waals surface area (Å²) < 4.78 is 4.99. The minimum absolute atomic E-state index is 0.658. The molecular weight excluding hydrogens is 234 g/mol. The maximum absolute atomic E-state index is 4.99. The number of pyridine rings is 1. The van der Waals surface area contributed by atoms with E-state index in [0.29, 0.717) is 13.2 Å². The van der Waals surface area contributed by atoms with Crippen molar-refractivity contribution in [3.8, 4) is 0 Å². The van der Waals surface area contributed by atoms with E-state index in [4.69, 9.17) is 4.74 Å². The van der Waals surface area contributed by atoms with Gasteiger partial charge >= 0.3 is 0 Å². The van der Waals surface area contributed by atoms with Crippen molar-refractivity contribution in [2.75, 3.05) is 33.6 Å². The molecule has 0 unspecified atom stereocenters. The van der Waals surface area contributed by atoms with E-state index in [1.54, 1.807) is 25.1 Å². The Hall–Kier alpha value is -1.07. The Morgan fingerprint density at radius 1 is 1.59 bits per heavy atom. The lowest BCUT2D eigenvalue weighted by atomic mass is 10.3. The van der Waals surface area contributed by atoms with Gasteiger partial charge in [-0.05, 0) is 17.9 Å². The van der Waals surface area contributed by atoms with Gasteiger partial charge in [0.25, 0.3) is 0 Å². The molecule has 5 heteroatoms. The Morgan fingerprint density at radius 3 is 3.00 bits per heavy atom. The van der Waals surface area contributed by atoms with Gasteiger partial charge in [0.2, 0.25) is 0 Å². The van der Waals surface area contributed by atoms with Gasteiger partial charge in [0.15, 0.2) is 5.17 Å².